The average molecular weight is 477 g/mol. The molecule has 6 heteroatoms. The van der Waals surface area contributed by atoms with Crippen molar-refractivity contribution in [3.05, 3.63) is 0 Å². The Kier molecular flexibility index (Phi) is 6.44. The summed E-state index contributed by atoms with van der Waals surface area (Å²) in [7, 11) is 0. The van der Waals surface area contributed by atoms with Gasteiger partial charge in [-0.25, -0.2) is 0 Å². The van der Waals surface area contributed by atoms with Crippen LogP contribution >= 0.6 is 24.0 Å². The predicted molar refractivity (Wildman–Crippen MR) is 115 cm³/mol. The van der Waals surface area contributed by atoms with Crippen molar-refractivity contribution in [1.29, 1.82) is 0 Å². The summed E-state index contributed by atoms with van der Waals surface area (Å²) in [4.78, 5) is 7.39. The topological polar surface area (TPSA) is 46.1 Å². The Morgan fingerprint density at radius 1 is 1.23 bits per heavy atom. The van der Waals surface area contributed by atoms with Gasteiger partial charge >= 0.3 is 0 Å². The molecule has 1 N–H and O–H groups in total. The second-order valence-electron chi connectivity index (χ2n) is 9.17. The first-order chi connectivity index (χ1) is 12.1. The number of piperidine rings is 1. The molecule has 4 rings (SSSR count). The van der Waals surface area contributed by atoms with Crippen molar-refractivity contribution >= 4 is 29.9 Å². The fourth-order valence-electron chi connectivity index (χ4n) is 5.76. The van der Waals surface area contributed by atoms with E-state index in [1.807, 2.05) is 0 Å². The van der Waals surface area contributed by atoms with E-state index in [4.69, 9.17) is 14.5 Å². The van der Waals surface area contributed by atoms with Gasteiger partial charge in [0.1, 0.15) is 0 Å². The summed E-state index contributed by atoms with van der Waals surface area (Å²) in [6.07, 6.45) is 6.66. The minimum atomic E-state index is 0. The van der Waals surface area contributed by atoms with E-state index in [0.717, 1.165) is 45.4 Å². The second-order valence-corrected chi connectivity index (χ2v) is 9.17. The number of ether oxygens (including phenoxy) is 2. The van der Waals surface area contributed by atoms with Crippen LogP contribution in [-0.2, 0) is 9.47 Å². The number of hydrogen-bond donors (Lipinski definition) is 1. The first-order valence-electron chi connectivity index (χ1n) is 10.3. The van der Waals surface area contributed by atoms with Crippen molar-refractivity contribution in [2.24, 2.45) is 21.7 Å². The molecular formula is C20H36IN3O2. The van der Waals surface area contributed by atoms with Gasteiger partial charge in [0.2, 0.25) is 0 Å². The van der Waals surface area contributed by atoms with E-state index in [0.29, 0.717) is 23.5 Å². The molecule has 4 unspecified atom stereocenters. The van der Waals surface area contributed by atoms with Crippen molar-refractivity contribution in [3.8, 4) is 0 Å². The molecule has 0 aromatic heterocycles. The summed E-state index contributed by atoms with van der Waals surface area (Å²) in [5.41, 5.74) is 0.540. The zero-order valence-electron chi connectivity index (χ0n) is 16.6. The summed E-state index contributed by atoms with van der Waals surface area (Å²) in [6.45, 7) is 12.6. The summed E-state index contributed by atoms with van der Waals surface area (Å²) in [6, 6.07) is 0.478. The molecule has 26 heavy (non-hydrogen) atoms. The molecule has 3 saturated heterocycles. The van der Waals surface area contributed by atoms with Crippen LogP contribution in [0.25, 0.3) is 0 Å². The Morgan fingerprint density at radius 3 is 2.77 bits per heavy atom. The van der Waals surface area contributed by atoms with Gasteiger partial charge in [-0.15, -0.1) is 24.0 Å². The van der Waals surface area contributed by atoms with Crippen LogP contribution in [0.15, 0.2) is 4.99 Å². The van der Waals surface area contributed by atoms with Crippen LogP contribution in [0.3, 0.4) is 0 Å². The van der Waals surface area contributed by atoms with E-state index in [1.165, 1.54) is 32.1 Å². The third kappa shape index (κ3) is 3.62. The van der Waals surface area contributed by atoms with Gasteiger partial charge in [-0.2, -0.15) is 0 Å². The highest BCUT2D eigenvalue weighted by molar-refractivity contribution is 14.0. The summed E-state index contributed by atoms with van der Waals surface area (Å²) >= 11 is 0. The molecule has 4 fully saturated rings. The first-order valence-corrected chi connectivity index (χ1v) is 10.3. The Morgan fingerprint density at radius 2 is 2.04 bits per heavy atom. The maximum Gasteiger partial charge on any atom is 0.194 e. The fraction of sp³-hybridized carbons (Fsp3) is 0.950. The number of nitrogens with one attached hydrogen (secondary N) is 1. The van der Waals surface area contributed by atoms with E-state index < -0.39 is 0 Å². The Labute approximate surface area is 175 Å². The van der Waals surface area contributed by atoms with Gasteiger partial charge in [0.15, 0.2) is 5.96 Å². The summed E-state index contributed by atoms with van der Waals surface area (Å²) < 4.78 is 11.8. The Balaban J connectivity index is 0.00000196. The minimum Gasteiger partial charge on any atom is -0.381 e. The number of guanidine groups is 1. The molecule has 1 aliphatic carbocycles. The van der Waals surface area contributed by atoms with E-state index >= 15 is 0 Å². The number of hydrogen-bond acceptors (Lipinski definition) is 3. The number of aliphatic imine (C=N–C) groups is 1. The maximum absolute atomic E-state index is 5.96. The molecule has 0 aromatic rings. The minimum absolute atomic E-state index is 0. The van der Waals surface area contributed by atoms with Gasteiger partial charge in [0.25, 0.3) is 0 Å². The van der Waals surface area contributed by atoms with Crippen LogP contribution in [0.5, 0.6) is 0 Å². The van der Waals surface area contributed by atoms with Crippen LogP contribution in [-0.4, -0.2) is 62.5 Å². The largest absolute Gasteiger partial charge is 0.381 e. The smallest absolute Gasteiger partial charge is 0.194 e. The van der Waals surface area contributed by atoms with Crippen molar-refractivity contribution in [3.63, 3.8) is 0 Å². The third-order valence-electron chi connectivity index (χ3n) is 7.06. The molecule has 0 aromatic carbocycles. The second kappa shape index (κ2) is 8.11. The molecule has 150 valence electrons. The highest BCUT2D eigenvalue weighted by Crippen LogP contribution is 2.52. The molecule has 3 aliphatic heterocycles. The quantitative estimate of drug-likeness (QED) is 0.377. The molecule has 0 amide bonds. The molecule has 4 aliphatic rings. The zero-order chi connectivity index (χ0) is 17.5. The molecule has 4 atom stereocenters. The van der Waals surface area contributed by atoms with E-state index in [2.05, 4.69) is 31.0 Å². The lowest BCUT2D eigenvalue weighted by atomic mass is 9.57. The van der Waals surface area contributed by atoms with Crippen LogP contribution in [0.4, 0.5) is 0 Å². The normalized spacial score (nSPS) is 39.1. The standard InChI is InChI=1S/C20H35N3O2.HI/c1-4-21-18(22-16-15-7-12-25-17(15)19(16,2)3)23-10-5-8-20(13-23)9-6-11-24-14-20;/h15-17H,4-14H2,1-3H3,(H,21,22);1H. The molecule has 5 nitrogen and oxygen atoms in total. The number of rotatable bonds is 2. The van der Waals surface area contributed by atoms with Crippen LogP contribution < -0.4 is 5.32 Å². The average Bonchev–Trinajstić information content (AvgIpc) is 3.06. The third-order valence-corrected chi connectivity index (χ3v) is 7.06. The van der Waals surface area contributed by atoms with E-state index in [1.54, 1.807) is 0 Å². The molecular weight excluding hydrogens is 441 g/mol. The van der Waals surface area contributed by atoms with Gasteiger partial charge in [-0.3, -0.25) is 4.99 Å². The molecule has 0 bridgehead atoms. The zero-order valence-corrected chi connectivity index (χ0v) is 19.0. The van der Waals surface area contributed by atoms with Crippen LogP contribution in [0.2, 0.25) is 0 Å². The summed E-state index contributed by atoms with van der Waals surface area (Å²) in [5.74, 6) is 1.77. The van der Waals surface area contributed by atoms with Crippen LogP contribution in [0, 0.1) is 16.7 Å². The molecule has 1 spiro atoms. The lowest BCUT2D eigenvalue weighted by Crippen LogP contribution is -2.68. The lowest BCUT2D eigenvalue weighted by molar-refractivity contribution is -0.108. The monoisotopic (exact) mass is 477 g/mol. The Hall–Kier alpha value is -0.0800. The predicted octanol–water partition coefficient (Wildman–Crippen LogP) is 3.28. The van der Waals surface area contributed by atoms with Crippen LogP contribution in [0.1, 0.15) is 52.9 Å². The number of nitrogens with zero attached hydrogens (tertiary/aromatic N) is 2. The number of halogens is 1. The van der Waals surface area contributed by atoms with E-state index in [9.17, 15) is 0 Å². The van der Waals surface area contributed by atoms with Gasteiger partial charge in [0, 0.05) is 55.6 Å². The Bertz CT molecular complexity index is 514. The number of fused-ring (bicyclic) bond motifs is 1. The molecule has 3 heterocycles. The lowest BCUT2D eigenvalue weighted by Gasteiger charge is -2.56. The van der Waals surface area contributed by atoms with Crippen molar-refractivity contribution in [1.82, 2.24) is 10.2 Å². The van der Waals surface area contributed by atoms with Crippen molar-refractivity contribution in [2.45, 2.75) is 65.0 Å². The highest BCUT2D eigenvalue weighted by atomic mass is 127. The summed E-state index contributed by atoms with van der Waals surface area (Å²) in [5, 5.41) is 3.86. The number of likely N-dealkylation sites (tertiary alicyclic amines) is 1. The molecule has 1 saturated carbocycles. The van der Waals surface area contributed by atoms with Gasteiger partial charge in [-0.1, -0.05) is 13.8 Å². The molecule has 0 radical (unpaired) electrons. The maximum atomic E-state index is 5.96. The first kappa shape index (κ1) is 20.6. The van der Waals surface area contributed by atoms with Gasteiger partial charge in [0.05, 0.1) is 12.7 Å². The van der Waals surface area contributed by atoms with Gasteiger partial charge < -0.3 is 19.7 Å². The fourth-order valence-corrected chi connectivity index (χ4v) is 5.76. The SMILES string of the molecule is CCN=C(NC1C2CCOC2C1(C)C)N1CCCC2(CCCOC2)C1.I. The highest BCUT2D eigenvalue weighted by Gasteiger charge is 2.59. The van der Waals surface area contributed by atoms with Gasteiger partial charge in [-0.05, 0) is 39.0 Å². The van der Waals surface area contributed by atoms with Crippen molar-refractivity contribution < 1.29 is 9.47 Å². The van der Waals surface area contributed by atoms with Crippen molar-refractivity contribution in [2.75, 3.05) is 39.5 Å². The van der Waals surface area contributed by atoms with E-state index in [-0.39, 0.29) is 29.4 Å².